The van der Waals surface area contributed by atoms with Crippen LogP contribution in [0.2, 0.25) is 0 Å². The summed E-state index contributed by atoms with van der Waals surface area (Å²) in [4.78, 5) is 4.02. The van der Waals surface area contributed by atoms with Gasteiger partial charge in [0.2, 0.25) is 0 Å². The molecule has 1 aliphatic carbocycles. The van der Waals surface area contributed by atoms with Crippen molar-refractivity contribution in [3.05, 3.63) is 23.9 Å². The average Bonchev–Trinajstić information content (AvgIpc) is 2.95. The second-order valence-electron chi connectivity index (χ2n) is 5.68. The highest BCUT2D eigenvalue weighted by Gasteiger charge is 2.41. The number of hydrogen-bond acceptors (Lipinski definition) is 4. The Kier molecular flexibility index (Phi) is 3.79. The summed E-state index contributed by atoms with van der Waals surface area (Å²) < 4.78 is 27.1. The standard InChI is InChI=1S/C14H20N2O3S/c17-10-11-6-7-14(15-9-11)20(18,19)16-8-2-4-12-3-1-5-13(12)16/h6-7,9,12-13,17H,1-5,8,10H2. The minimum Gasteiger partial charge on any atom is -0.392 e. The Bertz CT molecular complexity index is 571. The predicted octanol–water partition coefficient (Wildman–Crippen LogP) is 1.53. The largest absolute Gasteiger partial charge is 0.392 e. The number of hydrogen-bond donors (Lipinski definition) is 1. The molecule has 6 heteroatoms. The van der Waals surface area contributed by atoms with Gasteiger partial charge >= 0.3 is 0 Å². The van der Waals surface area contributed by atoms with Gasteiger partial charge < -0.3 is 5.11 Å². The third-order valence-electron chi connectivity index (χ3n) is 4.50. The first-order valence-electron chi connectivity index (χ1n) is 7.20. The lowest BCUT2D eigenvalue weighted by Gasteiger charge is -2.36. The number of nitrogens with zero attached hydrogens (tertiary/aromatic N) is 2. The summed E-state index contributed by atoms with van der Waals surface area (Å²) in [5, 5.41) is 9.10. The molecule has 0 amide bonds. The molecule has 20 heavy (non-hydrogen) atoms. The normalized spacial score (nSPS) is 27.4. The molecule has 2 fully saturated rings. The number of aliphatic hydroxyl groups is 1. The third kappa shape index (κ3) is 2.36. The van der Waals surface area contributed by atoms with Gasteiger partial charge in [-0.05, 0) is 43.2 Å². The van der Waals surface area contributed by atoms with Crippen molar-refractivity contribution in [2.45, 2.75) is 49.8 Å². The van der Waals surface area contributed by atoms with E-state index in [1.54, 1.807) is 10.4 Å². The highest BCUT2D eigenvalue weighted by atomic mass is 32.2. The molecule has 0 spiro atoms. The first-order chi connectivity index (χ1) is 9.63. The number of rotatable bonds is 3. The molecule has 1 aromatic rings. The minimum absolute atomic E-state index is 0.0993. The summed E-state index contributed by atoms with van der Waals surface area (Å²) in [6, 6.07) is 3.28. The second kappa shape index (κ2) is 5.42. The zero-order valence-corrected chi connectivity index (χ0v) is 12.2. The fraction of sp³-hybridized carbons (Fsp3) is 0.643. The topological polar surface area (TPSA) is 70.5 Å². The van der Waals surface area contributed by atoms with E-state index in [2.05, 4.69) is 4.98 Å². The van der Waals surface area contributed by atoms with Gasteiger partial charge in [0, 0.05) is 18.8 Å². The van der Waals surface area contributed by atoms with Crippen LogP contribution in [0.15, 0.2) is 23.4 Å². The lowest BCUT2D eigenvalue weighted by atomic mass is 9.94. The van der Waals surface area contributed by atoms with Gasteiger partial charge in [-0.15, -0.1) is 0 Å². The third-order valence-corrected chi connectivity index (χ3v) is 6.34. The highest BCUT2D eigenvalue weighted by molar-refractivity contribution is 7.89. The molecule has 110 valence electrons. The van der Waals surface area contributed by atoms with Crippen LogP contribution in [0.4, 0.5) is 0 Å². The quantitative estimate of drug-likeness (QED) is 0.918. The van der Waals surface area contributed by atoms with Crippen LogP contribution in [0.1, 0.15) is 37.7 Å². The van der Waals surface area contributed by atoms with Crippen molar-refractivity contribution in [2.75, 3.05) is 6.54 Å². The molecule has 5 nitrogen and oxygen atoms in total. The highest BCUT2D eigenvalue weighted by Crippen LogP contribution is 2.39. The molecular formula is C14H20N2O3S. The van der Waals surface area contributed by atoms with Gasteiger partial charge in [0.25, 0.3) is 10.0 Å². The van der Waals surface area contributed by atoms with Gasteiger partial charge in [0.05, 0.1) is 6.61 Å². The van der Waals surface area contributed by atoms with E-state index < -0.39 is 10.0 Å². The molecule has 0 radical (unpaired) electrons. The molecule has 2 atom stereocenters. The van der Waals surface area contributed by atoms with E-state index in [0.717, 1.165) is 32.1 Å². The summed E-state index contributed by atoms with van der Waals surface area (Å²) in [7, 11) is -3.50. The summed E-state index contributed by atoms with van der Waals surface area (Å²) in [6.45, 7) is 0.481. The Balaban J connectivity index is 1.89. The molecule has 1 aliphatic heterocycles. The van der Waals surface area contributed by atoms with E-state index in [9.17, 15) is 8.42 Å². The van der Waals surface area contributed by atoms with Crippen LogP contribution in [-0.4, -0.2) is 35.4 Å². The summed E-state index contributed by atoms with van der Waals surface area (Å²) >= 11 is 0. The van der Waals surface area contributed by atoms with Crippen molar-refractivity contribution in [3.8, 4) is 0 Å². The average molecular weight is 296 g/mol. The van der Waals surface area contributed by atoms with Crippen molar-refractivity contribution >= 4 is 10.0 Å². The summed E-state index contributed by atoms with van der Waals surface area (Å²) in [5.74, 6) is 0.523. The van der Waals surface area contributed by atoms with Gasteiger partial charge in [0.1, 0.15) is 0 Å². The van der Waals surface area contributed by atoms with Crippen LogP contribution in [0.25, 0.3) is 0 Å². The first-order valence-corrected chi connectivity index (χ1v) is 8.64. The van der Waals surface area contributed by atoms with Crippen molar-refractivity contribution in [3.63, 3.8) is 0 Å². The van der Waals surface area contributed by atoms with Crippen LogP contribution in [0.5, 0.6) is 0 Å². The number of aliphatic hydroxyl groups excluding tert-OH is 1. The number of sulfonamides is 1. The fourth-order valence-electron chi connectivity index (χ4n) is 3.48. The van der Waals surface area contributed by atoms with Gasteiger partial charge in [-0.1, -0.05) is 12.5 Å². The van der Waals surface area contributed by atoms with Crippen LogP contribution >= 0.6 is 0 Å². The minimum atomic E-state index is -3.50. The molecule has 1 saturated heterocycles. The lowest BCUT2D eigenvalue weighted by Crippen LogP contribution is -2.46. The maximum Gasteiger partial charge on any atom is 0.260 e. The molecule has 2 unspecified atom stereocenters. The Morgan fingerprint density at radius 1 is 1.25 bits per heavy atom. The van der Waals surface area contributed by atoms with Crippen LogP contribution in [-0.2, 0) is 16.6 Å². The Morgan fingerprint density at radius 3 is 2.75 bits per heavy atom. The van der Waals surface area contributed by atoms with Gasteiger partial charge in [-0.3, -0.25) is 0 Å². The molecule has 2 aliphatic rings. The Labute approximate surface area is 119 Å². The molecule has 2 heterocycles. The van der Waals surface area contributed by atoms with E-state index in [-0.39, 0.29) is 17.7 Å². The van der Waals surface area contributed by atoms with E-state index in [4.69, 9.17) is 5.11 Å². The molecule has 0 bridgehead atoms. The molecular weight excluding hydrogens is 276 g/mol. The SMILES string of the molecule is O=S(=O)(c1ccc(CO)cn1)N1CCCC2CCCC21. The molecule has 0 aromatic carbocycles. The van der Waals surface area contributed by atoms with Crippen LogP contribution in [0.3, 0.4) is 0 Å². The van der Waals surface area contributed by atoms with Crippen molar-refractivity contribution in [1.82, 2.24) is 9.29 Å². The van der Waals surface area contributed by atoms with E-state index in [1.807, 2.05) is 0 Å². The van der Waals surface area contributed by atoms with Gasteiger partial charge in [-0.25, -0.2) is 13.4 Å². The number of fused-ring (bicyclic) bond motifs is 1. The summed E-state index contributed by atoms with van der Waals surface area (Å²) in [6.07, 6.45) is 6.76. The maximum absolute atomic E-state index is 12.7. The molecule has 3 rings (SSSR count). The maximum atomic E-state index is 12.7. The van der Waals surface area contributed by atoms with Crippen molar-refractivity contribution < 1.29 is 13.5 Å². The van der Waals surface area contributed by atoms with Crippen LogP contribution in [0, 0.1) is 5.92 Å². The zero-order chi connectivity index (χ0) is 14.2. The first kappa shape index (κ1) is 14.0. The van der Waals surface area contributed by atoms with Crippen molar-refractivity contribution in [1.29, 1.82) is 0 Å². The Hall–Kier alpha value is -0.980. The lowest BCUT2D eigenvalue weighted by molar-refractivity contribution is 0.201. The van der Waals surface area contributed by atoms with E-state index in [0.29, 0.717) is 18.0 Å². The number of aromatic nitrogens is 1. The smallest absolute Gasteiger partial charge is 0.260 e. The van der Waals surface area contributed by atoms with E-state index >= 15 is 0 Å². The predicted molar refractivity (Wildman–Crippen MR) is 74.4 cm³/mol. The van der Waals surface area contributed by atoms with Gasteiger partial charge in [0.15, 0.2) is 5.03 Å². The monoisotopic (exact) mass is 296 g/mol. The second-order valence-corrected chi connectivity index (χ2v) is 7.52. The van der Waals surface area contributed by atoms with Crippen LogP contribution < -0.4 is 0 Å². The van der Waals surface area contributed by atoms with E-state index in [1.165, 1.54) is 12.3 Å². The summed E-state index contributed by atoms with van der Waals surface area (Å²) in [5.41, 5.74) is 0.626. The Morgan fingerprint density at radius 2 is 2.05 bits per heavy atom. The molecule has 1 aromatic heterocycles. The van der Waals surface area contributed by atoms with Crippen molar-refractivity contribution in [2.24, 2.45) is 5.92 Å². The number of piperidine rings is 1. The number of pyridine rings is 1. The fourth-order valence-corrected chi connectivity index (χ4v) is 5.15. The van der Waals surface area contributed by atoms with Gasteiger partial charge in [-0.2, -0.15) is 4.31 Å². The molecule has 1 saturated carbocycles. The molecule has 1 N–H and O–H groups in total. The zero-order valence-electron chi connectivity index (χ0n) is 11.4.